The van der Waals surface area contributed by atoms with E-state index in [9.17, 15) is 4.79 Å². The molecule has 20 heavy (non-hydrogen) atoms. The van der Waals surface area contributed by atoms with E-state index in [0.29, 0.717) is 13.0 Å². The Morgan fingerprint density at radius 1 is 1.40 bits per heavy atom. The van der Waals surface area contributed by atoms with E-state index in [1.807, 2.05) is 56.9 Å². The maximum absolute atomic E-state index is 12.6. The molecule has 0 bridgehead atoms. The molecule has 0 radical (unpaired) electrons. The number of carbonyl (C=O) groups excluding carboxylic acids is 1. The average molecular weight is 272 g/mol. The van der Waals surface area contributed by atoms with Gasteiger partial charge in [-0.25, -0.2) is 0 Å². The zero-order valence-electron chi connectivity index (χ0n) is 12.4. The molecule has 106 valence electrons. The standard InChI is InChI=1S/C15H20N4O/c1-14(2,3)13(20)19-10-9-15(4,17-18-16)11-7-5-6-8-12(11)19/h5-8H,9-10H2,1-4H3/t15-/m0/s1. The molecule has 2 rings (SSSR count). The van der Waals surface area contributed by atoms with Gasteiger partial charge in [-0.3, -0.25) is 4.79 Å². The normalized spacial score (nSPS) is 21.9. The minimum atomic E-state index is -0.583. The van der Waals surface area contributed by atoms with Crippen LogP contribution in [0.5, 0.6) is 0 Å². The van der Waals surface area contributed by atoms with Gasteiger partial charge in [0.05, 0.1) is 5.54 Å². The number of azide groups is 1. The number of hydrogen-bond acceptors (Lipinski definition) is 2. The van der Waals surface area contributed by atoms with E-state index in [1.165, 1.54) is 0 Å². The van der Waals surface area contributed by atoms with Crippen LogP contribution in [0.25, 0.3) is 10.4 Å². The lowest BCUT2D eigenvalue weighted by Gasteiger charge is -2.40. The number of fused-ring (bicyclic) bond motifs is 1. The Labute approximate surface area is 119 Å². The van der Waals surface area contributed by atoms with Crippen LogP contribution in [-0.2, 0) is 10.3 Å². The predicted molar refractivity (Wildman–Crippen MR) is 79.4 cm³/mol. The monoisotopic (exact) mass is 272 g/mol. The first-order chi connectivity index (χ1) is 9.29. The third kappa shape index (κ3) is 2.37. The fraction of sp³-hybridized carbons (Fsp3) is 0.533. The smallest absolute Gasteiger partial charge is 0.232 e. The highest BCUT2D eigenvalue weighted by atomic mass is 16.2. The highest BCUT2D eigenvalue weighted by Gasteiger charge is 2.38. The Morgan fingerprint density at radius 2 is 2.05 bits per heavy atom. The second kappa shape index (κ2) is 4.84. The average Bonchev–Trinajstić information content (AvgIpc) is 2.38. The molecule has 0 spiro atoms. The zero-order chi connectivity index (χ0) is 15.0. The summed E-state index contributed by atoms with van der Waals surface area (Å²) >= 11 is 0. The van der Waals surface area contributed by atoms with Crippen molar-refractivity contribution in [2.75, 3.05) is 11.4 Å². The van der Waals surface area contributed by atoms with Crippen LogP contribution in [0.3, 0.4) is 0 Å². The van der Waals surface area contributed by atoms with E-state index in [0.717, 1.165) is 11.3 Å². The van der Waals surface area contributed by atoms with Crippen LogP contribution < -0.4 is 4.90 Å². The van der Waals surface area contributed by atoms with E-state index >= 15 is 0 Å². The molecule has 0 saturated carbocycles. The van der Waals surface area contributed by atoms with Crippen molar-refractivity contribution in [3.63, 3.8) is 0 Å². The quantitative estimate of drug-likeness (QED) is 0.433. The molecule has 1 aromatic rings. The first kappa shape index (κ1) is 14.4. The Hall–Kier alpha value is -2.00. The Morgan fingerprint density at radius 3 is 2.65 bits per heavy atom. The molecule has 1 aliphatic heterocycles. The minimum absolute atomic E-state index is 0.0907. The second-order valence-electron chi connectivity index (χ2n) is 6.44. The molecule has 0 unspecified atom stereocenters. The SMILES string of the molecule is CC(C)(C)C(=O)N1CC[C@](C)(N=[N+]=[N-])c2ccccc21. The van der Waals surface area contributed by atoms with Crippen LogP contribution >= 0.6 is 0 Å². The molecule has 0 N–H and O–H groups in total. The summed E-state index contributed by atoms with van der Waals surface area (Å²) in [4.78, 5) is 17.4. The van der Waals surface area contributed by atoms with Gasteiger partial charge in [0, 0.05) is 22.6 Å². The van der Waals surface area contributed by atoms with Gasteiger partial charge in [-0.2, -0.15) is 0 Å². The van der Waals surface area contributed by atoms with Crippen molar-refractivity contribution in [2.45, 2.75) is 39.7 Å². The summed E-state index contributed by atoms with van der Waals surface area (Å²) in [6.07, 6.45) is 0.635. The van der Waals surface area contributed by atoms with E-state index in [4.69, 9.17) is 5.53 Å². The molecule has 5 nitrogen and oxygen atoms in total. The summed E-state index contributed by atoms with van der Waals surface area (Å²) in [6, 6.07) is 7.67. The maximum Gasteiger partial charge on any atom is 0.232 e. The fourth-order valence-corrected chi connectivity index (χ4v) is 2.57. The van der Waals surface area contributed by atoms with Crippen molar-refractivity contribution in [2.24, 2.45) is 10.5 Å². The van der Waals surface area contributed by atoms with Gasteiger partial charge in [-0.05, 0) is 30.5 Å². The van der Waals surface area contributed by atoms with Gasteiger partial charge < -0.3 is 4.90 Å². The van der Waals surface area contributed by atoms with Gasteiger partial charge in [0.2, 0.25) is 5.91 Å². The third-order valence-electron chi connectivity index (χ3n) is 3.75. The van der Waals surface area contributed by atoms with Gasteiger partial charge >= 0.3 is 0 Å². The van der Waals surface area contributed by atoms with E-state index in [-0.39, 0.29) is 5.91 Å². The number of anilines is 1. The molecular formula is C15H20N4O. The van der Waals surface area contributed by atoms with Crippen molar-refractivity contribution < 1.29 is 4.79 Å². The van der Waals surface area contributed by atoms with E-state index in [2.05, 4.69) is 10.0 Å². The number of carbonyl (C=O) groups is 1. The highest BCUT2D eigenvalue weighted by molar-refractivity contribution is 5.98. The molecule has 1 atom stereocenters. The molecule has 1 heterocycles. The number of benzene rings is 1. The van der Waals surface area contributed by atoms with Gasteiger partial charge in [0.25, 0.3) is 0 Å². The van der Waals surface area contributed by atoms with Crippen LogP contribution in [0, 0.1) is 5.41 Å². The lowest BCUT2D eigenvalue weighted by molar-refractivity contribution is -0.125. The molecule has 5 heteroatoms. The van der Waals surface area contributed by atoms with Crippen LogP contribution in [0.2, 0.25) is 0 Å². The zero-order valence-corrected chi connectivity index (χ0v) is 12.4. The van der Waals surface area contributed by atoms with Gasteiger partial charge in [-0.1, -0.05) is 44.1 Å². The Bertz CT molecular complexity index is 584. The van der Waals surface area contributed by atoms with Crippen LogP contribution in [0.1, 0.15) is 39.7 Å². The summed E-state index contributed by atoms with van der Waals surface area (Å²) in [7, 11) is 0. The fourth-order valence-electron chi connectivity index (χ4n) is 2.57. The first-order valence-corrected chi connectivity index (χ1v) is 6.77. The van der Waals surface area contributed by atoms with Crippen molar-refractivity contribution >= 4 is 11.6 Å². The van der Waals surface area contributed by atoms with Crippen LogP contribution in [0.15, 0.2) is 29.4 Å². The number of nitrogens with zero attached hydrogens (tertiary/aromatic N) is 4. The largest absolute Gasteiger partial charge is 0.312 e. The lowest BCUT2D eigenvalue weighted by atomic mass is 9.83. The predicted octanol–water partition coefficient (Wildman–Crippen LogP) is 3.99. The summed E-state index contributed by atoms with van der Waals surface area (Å²) < 4.78 is 0. The van der Waals surface area contributed by atoms with Crippen molar-refractivity contribution in [3.8, 4) is 0 Å². The van der Waals surface area contributed by atoms with Crippen molar-refractivity contribution in [1.82, 2.24) is 0 Å². The summed E-state index contributed by atoms with van der Waals surface area (Å²) in [5.74, 6) is 0.0907. The molecule has 0 aromatic heterocycles. The number of amides is 1. The van der Waals surface area contributed by atoms with Gasteiger partial charge in [-0.15, -0.1) is 0 Å². The van der Waals surface area contributed by atoms with Crippen LogP contribution in [0.4, 0.5) is 5.69 Å². The molecule has 0 saturated heterocycles. The minimum Gasteiger partial charge on any atom is -0.312 e. The third-order valence-corrected chi connectivity index (χ3v) is 3.75. The van der Waals surface area contributed by atoms with E-state index < -0.39 is 11.0 Å². The van der Waals surface area contributed by atoms with E-state index in [1.54, 1.807) is 0 Å². The first-order valence-electron chi connectivity index (χ1n) is 6.77. The topological polar surface area (TPSA) is 69.1 Å². The summed E-state index contributed by atoms with van der Waals surface area (Å²) in [6.45, 7) is 8.24. The molecule has 1 aromatic carbocycles. The molecular weight excluding hydrogens is 252 g/mol. The van der Waals surface area contributed by atoms with Gasteiger partial charge in [0.1, 0.15) is 0 Å². The summed E-state index contributed by atoms with van der Waals surface area (Å²) in [5.41, 5.74) is 9.55. The second-order valence-corrected chi connectivity index (χ2v) is 6.44. The van der Waals surface area contributed by atoms with Gasteiger partial charge in [0.15, 0.2) is 0 Å². The van der Waals surface area contributed by atoms with Crippen molar-refractivity contribution in [1.29, 1.82) is 0 Å². The Balaban J connectivity index is 2.53. The Kier molecular flexibility index (Phi) is 3.48. The molecule has 0 aliphatic carbocycles. The summed E-state index contributed by atoms with van der Waals surface area (Å²) in [5, 5.41) is 3.96. The number of hydrogen-bond donors (Lipinski definition) is 0. The molecule has 0 fully saturated rings. The highest BCUT2D eigenvalue weighted by Crippen LogP contribution is 2.42. The van der Waals surface area contributed by atoms with Crippen molar-refractivity contribution in [3.05, 3.63) is 40.3 Å². The molecule has 1 amide bonds. The molecule has 1 aliphatic rings. The number of para-hydroxylation sites is 1. The lowest BCUT2D eigenvalue weighted by Crippen LogP contribution is -2.46. The van der Waals surface area contributed by atoms with Crippen LogP contribution in [-0.4, -0.2) is 12.5 Å². The number of rotatable bonds is 1. The maximum atomic E-state index is 12.6.